The number of carbonyl (C=O) groups excluding carboxylic acids is 2. The van der Waals surface area contributed by atoms with Crippen molar-refractivity contribution in [1.29, 1.82) is 0 Å². The number of ether oxygens (including phenoxy) is 2. The number of hydrogen-bond acceptors (Lipinski definition) is 6. The van der Waals surface area contributed by atoms with Crippen LogP contribution in [0.15, 0.2) is 30.1 Å². The second-order valence-electron chi connectivity index (χ2n) is 6.33. The highest BCUT2D eigenvalue weighted by atomic mass is 16.5. The van der Waals surface area contributed by atoms with Crippen molar-refractivity contribution in [3.63, 3.8) is 0 Å². The summed E-state index contributed by atoms with van der Waals surface area (Å²) < 4.78 is 10.5. The molecular weight excluding hydrogens is 348 g/mol. The van der Waals surface area contributed by atoms with Crippen LogP contribution in [-0.4, -0.2) is 42.6 Å². The summed E-state index contributed by atoms with van der Waals surface area (Å²) in [6, 6.07) is 1.62. The fourth-order valence-electron chi connectivity index (χ4n) is 3.26. The number of benzene rings is 1. The minimum absolute atomic E-state index is 0.0225. The number of allylic oxidation sites excluding steroid dienone is 3. The van der Waals surface area contributed by atoms with Gasteiger partial charge >= 0.3 is 0 Å². The summed E-state index contributed by atoms with van der Waals surface area (Å²) >= 11 is 0. The molecule has 1 aliphatic carbocycles. The van der Waals surface area contributed by atoms with Gasteiger partial charge < -0.3 is 19.7 Å². The molecule has 1 aromatic carbocycles. The normalized spacial score (nSPS) is 14.9. The Kier molecular flexibility index (Phi) is 7.33. The van der Waals surface area contributed by atoms with Crippen LogP contribution >= 0.6 is 0 Å². The first kappa shape index (κ1) is 20.9. The Morgan fingerprint density at radius 2 is 1.93 bits per heavy atom. The quantitative estimate of drug-likeness (QED) is 0.646. The van der Waals surface area contributed by atoms with E-state index in [4.69, 9.17) is 14.6 Å². The third-order valence-corrected chi connectivity index (χ3v) is 4.58. The predicted octanol–water partition coefficient (Wildman–Crippen LogP) is 2.92. The second kappa shape index (κ2) is 9.48. The van der Waals surface area contributed by atoms with Crippen LogP contribution in [-0.2, 0) is 11.2 Å². The number of aliphatic hydroxyl groups excluding tert-OH is 2. The molecule has 0 bridgehead atoms. The van der Waals surface area contributed by atoms with E-state index in [0.29, 0.717) is 24.0 Å². The number of carbonyl (C=O) groups is 2. The van der Waals surface area contributed by atoms with Crippen molar-refractivity contribution in [2.45, 2.75) is 38.7 Å². The lowest BCUT2D eigenvalue weighted by Crippen LogP contribution is -2.21. The van der Waals surface area contributed by atoms with Gasteiger partial charge in [0.1, 0.15) is 5.75 Å². The number of unbranched alkanes of at least 4 members (excludes halogenated alkanes) is 1. The second-order valence-corrected chi connectivity index (χ2v) is 6.33. The molecule has 1 aromatic rings. The zero-order valence-electron chi connectivity index (χ0n) is 15.9. The Labute approximate surface area is 159 Å². The highest BCUT2D eigenvalue weighted by molar-refractivity contribution is 6.25. The van der Waals surface area contributed by atoms with E-state index in [1.54, 1.807) is 18.2 Å². The third kappa shape index (κ3) is 4.28. The molecule has 6 nitrogen and oxygen atoms in total. The molecule has 0 saturated heterocycles. The van der Waals surface area contributed by atoms with Gasteiger partial charge in [-0.1, -0.05) is 31.9 Å². The van der Waals surface area contributed by atoms with Crippen LogP contribution in [0.3, 0.4) is 0 Å². The molecule has 0 fully saturated rings. The molecule has 146 valence electrons. The van der Waals surface area contributed by atoms with Gasteiger partial charge in [0, 0.05) is 17.2 Å². The van der Waals surface area contributed by atoms with Gasteiger partial charge in [-0.25, -0.2) is 0 Å². The van der Waals surface area contributed by atoms with E-state index < -0.39 is 11.9 Å². The Bertz CT molecular complexity index is 775. The van der Waals surface area contributed by atoms with Gasteiger partial charge in [0.2, 0.25) is 5.78 Å². The lowest BCUT2D eigenvalue weighted by atomic mass is 9.84. The smallest absolute Gasteiger partial charge is 0.228 e. The molecule has 1 unspecified atom stereocenters. The van der Waals surface area contributed by atoms with Gasteiger partial charge in [0.15, 0.2) is 11.5 Å². The number of rotatable bonds is 9. The zero-order valence-corrected chi connectivity index (χ0v) is 15.9. The highest BCUT2D eigenvalue weighted by Gasteiger charge is 2.33. The van der Waals surface area contributed by atoms with Crippen molar-refractivity contribution in [2.75, 3.05) is 20.8 Å². The Hall–Kier alpha value is -2.44. The number of Topliss-reactive ketones (excluding diaryl/α,β-unsaturated/α-hetero) is 1. The summed E-state index contributed by atoms with van der Waals surface area (Å²) in [5, 5.41) is 19.8. The molecule has 0 radical (unpaired) electrons. The van der Waals surface area contributed by atoms with Crippen molar-refractivity contribution in [3.8, 4) is 5.75 Å². The third-order valence-electron chi connectivity index (χ3n) is 4.58. The number of methoxy groups -OCH3 is 2. The first-order valence-corrected chi connectivity index (χ1v) is 9.02. The number of aliphatic hydroxyl groups is 2. The molecule has 0 spiro atoms. The fraction of sp³-hybridized carbons (Fsp3) is 0.429. The number of hydrogen-bond donors (Lipinski definition) is 2. The van der Waals surface area contributed by atoms with Crippen LogP contribution in [0.4, 0.5) is 0 Å². The minimum atomic E-state index is -0.821. The van der Waals surface area contributed by atoms with Crippen molar-refractivity contribution in [3.05, 3.63) is 52.3 Å². The first-order chi connectivity index (χ1) is 13.0. The zero-order chi connectivity index (χ0) is 20.0. The van der Waals surface area contributed by atoms with E-state index in [0.717, 1.165) is 18.9 Å². The maximum Gasteiger partial charge on any atom is 0.228 e. The van der Waals surface area contributed by atoms with E-state index in [9.17, 15) is 14.7 Å². The van der Waals surface area contributed by atoms with E-state index >= 15 is 0 Å². The van der Waals surface area contributed by atoms with Crippen molar-refractivity contribution < 1.29 is 29.3 Å². The summed E-state index contributed by atoms with van der Waals surface area (Å²) in [7, 11) is 2.76. The molecule has 27 heavy (non-hydrogen) atoms. The topological polar surface area (TPSA) is 93.1 Å². The standard InChI is InChI=1S/C21H26O6/c1-4-5-9-15(23)18-13(8-6-7-10-22)11-14-19(21(18)27-3)16(24)12-17(26-2)20(14)25/h6-7,11-12,15,22-23H,4-5,8-10H2,1-3H3/b7-6+. The monoisotopic (exact) mass is 374 g/mol. The summed E-state index contributed by atoms with van der Waals surface area (Å²) in [4.78, 5) is 25.3. The van der Waals surface area contributed by atoms with Gasteiger partial charge in [0.05, 0.1) is 32.5 Å². The Balaban J connectivity index is 2.68. The van der Waals surface area contributed by atoms with E-state index in [1.165, 1.54) is 14.2 Å². The average molecular weight is 374 g/mol. The SMILES string of the molecule is CCCCC(O)c1c(C/C=C/CO)cc2c(c1OC)C(=O)C=C(OC)C2=O. The maximum absolute atomic E-state index is 12.7. The molecule has 0 aromatic heterocycles. The van der Waals surface area contributed by atoms with E-state index in [1.807, 2.05) is 6.92 Å². The van der Waals surface area contributed by atoms with Crippen molar-refractivity contribution >= 4 is 11.6 Å². The lowest BCUT2D eigenvalue weighted by molar-refractivity contribution is 0.0913. The fourth-order valence-corrected chi connectivity index (χ4v) is 3.26. The Morgan fingerprint density at radius 3 is 2.52 bits per heavy atom. The van der Waals surface area contributed by atoms with E-state index in [2.05, 4.69) is 0 Å². The molecular formula is C21H26O6. The van der Waals surface area contributed by atoms with Crippen LogP contribution < -0.4 is 4.74 Å². The van der Waals surface area contributed by atoms with Crippen LogP contribution in [0.5, 0.6) is 5.75 Å². The lowest BCUT2D eigenvalue weighted by Gasteiger charge is -2.24. The molecule has 0 aliphatic heterocycles. The molecule has 2 rings (SSSR count). The molecule has 1 aliphatic rings. The summed E-state index contributed by atoms with van der Waals surface area (Å²) in [6.07, 6.45) is 6.30. The van der Waals surface area contributed by atoms with Crippen LogP contribution in [0.25, 0.3) is 0 Å². The van der Waals surface area contributed by atoms with Crippen molar-refractivity contribution in [2.24, 2.45) is 0 Å². The van der Waals surface area contributed by atoms with Gasteiger partial charge in [-0.2, -0.15) is 0 Å². The van der Waals surface area contributed by atoms with Crippen molar-refractivity contribution in [1.82, 2.24) is 0 Å². The van der Waals surface area contributed by atoms with E-state index in [-0.39, 0.29) is 35.0 Å². The minimum Gasteiger partial charge on any atom is -0.496 e. The molecule has 0 saturated carbocycles. The molecule has 0 heterocycles. The van der Waals surface area contributed by atoms with Gasteiger partial charge in [-0.05, 0) is 24.5 Å². The number of fused-ring (bicyclic) bond motifs is 1. The predicted molar refractivity (Wildman–Crippen MR) is 101 cm³/mol. The van der Waals surface area contributed by atoms with Gasteiger partial charge in [0.25, 0.3) is 0 Å². The molecule has 1 atom stereocenters. The van der Waals surface area contributed by atoms with Crippen LogP contribution in [0, 0.1) is 0 Å². The molecule has 2 N–H and O–H groups in total. The van der Waals surface area contributed by atoms with Crippen LogP contribution in [0.2, 0.25) is 0 Å². The van der Waals surface area contributed by atoms with Crippen LogP contribution in [0.1, 0.15) is 64.1 Å². The highest BCUT2D eigenvalue weighted by Crippen LogP contribution is 2.40. The first-order valence-electron chi connectivity index (χ1n) is 9.02. The molecule has 6 heteroatoms. The summed E-state index contributed by atoms with van der Waals surface area (Å²) in [5.41, 5.74) is 1.55. The maximum atomic E-state index is 12.7. The summed E-state index contributed by atoms with van der Waals surface area (Å²) in [5.74, 6) is -0.578. The van der Waals surface area contributed by atoms with Gasteiger partial charge in [-0.15, -0.1) is 0 Å². The summed E-state index contributed by atoms with van der Waals surface area (Å²) in [6.45, 7) is 1.92. The average Bonchev–Trinajstić information content (AvgIpc) is 2.67. The largest absolute Gasteiger partial charge is 0.496 e. The van der Waals surface area contributed by atoms with Gasteiger partial charge in [-0.3, -0.25) is 9.59 Å². The Morgan fingerprint density at radius 1 is 1.19 bits per heavy atom. The molecule has 0 amide bonds. The number of ketones is 2.